The van der Waals surface area contributed by atoms with Crippen LogP contribution >= 0.6 is 15.9 Å². The SMILES string of the molecule is O=C(C=Cc1cccc([N+](=O)[O-])c1)N(O)c1ccc(Br)cc1. The van der Waals surface area contributed by atoms with Crippen LogP contribution in [0.4, 0.5) is 11.4 Å². The number of benzene rings is 2. The van der Waals surface area contributed by atoms with E-state index in [-0.39, 0.29) is 5.69 Å². The number of non-ortho nitro benzene ring substituents is 1. The van der Waals surface area contributed by atoms with E-state index in [9.17, 15) is 20.1 Å². The van der Waals surface area contributed by atoms with Gasteiger partial charge in [0.25, 0.3) is 11.6 Å². The molecule has 0 spiro atoms. The van der Waals surface area contributed by atoms with Crippen molar-refractivity contribution in [1.29, 1.82) is 0 Å². The maximum atomic E-state index is 11.9. The molecule has 22 heavy (non-hydrogen) atoms. The molecule has 1 N–H and O–H groups in total. The second-order valence-electron chi connectivity index (χ2n) is 4.31. The molecule has 1 amide bonds. The van der Waals surface area contributed by atoms with E-state index in [1.807, 2.05) is 0 Å². The summed E-state index contributed by atoms with van der Waals surface area (Å²) in [4.78, 5) is 22.0. The minimum absolute atomic E-state index is 0.0663. The van der Waals surface area contributed by atoms with Gasteiger partial charge in [0, 0.05) is 22.7 Å². The van der Waals surface area contributed by atoms with Crippen LogP contribution in [-0.2, 0) is 4.79 Å². The van der Waals surface area contributed by atoms with Crippen LogP contribution in [-0.4, -0.2) is 16.0 Å². The van der Waals surface area contributed by atoms with Gasteiger partial charge in [0.05, 0.1) is 10.6 Å². The molecule has 0 bridgehead atoms. The minimum atomic E-state index is -0.658. The van der Waals surface area contributed by atoms with Crippen molar-refractivity contribution in [3.63, 3.8) is 0 Å². The van der Waals surface area contributed by atoms with E-state index in [1.165, 1.54) is 24.3 Å². The van der Waals surface area contributed by atoms with E-state index in [4.69, 9.17) is 0 Å². The molecule has 0 aliphatic heterocycles. The number of anilines is 1. The van der Waals surface area contributed by atoms with E-state index in [0.717, 1.165) is 10.5 Å². The van der Waals surface area contributed by atoms with E-state index in [1.54, 1.807) is 30.3 Å². The quantitative estimate of drug-likeness (QED) is 0.388. The average Bonchev–Trinajstić information content (AvgIpc) is 2.53. The molecule has 0 aliphatic rings. The molecule has 0 saturated heterocycles. The van der Waals surface area contributed by atoms with Crippen molar-refractivity contribution in [1.82, 2.24) is 0 Å². The van der Waals surface area contributed by atoms with Crippen molar-refractivity contribution in [2.45, 2.75) is 0 Å². The summed E-state index contributed by atoms with van der Waals surface area (Å²) < 4.78 is 0.823. The van der Waals surface area contributed by atoms with E-state index in [2.05, 4.69) is 15.9 Å². The number of hydrogen-bond acceptors (Lipinski definition) is 4. The molecule has 2 rings (SSSR count). The van der Waals surface area contributed by atoms with Gasteiger partial charge in [-0.2, -0.15) is 5.06 Å². The number of hydroxylamine groups is 1. The van der Waals surface area contributed by atoms with Gasteiger partial charge in [-0.05, 0) is 35.9 Å². The first-order valence-electron chi connectivity index (χ1n) is 6.18. The van der Waals surface area contributed by atoms with Gasteiger partial charge in [-0.3, -0.25) is 20.1 Å². The standard InChI is InChI=1S/C15H11BrN2O4/c16-12-5-7-13(8-6-12)17(20)15(19)9-4-11-2-1-3-14(10-11)18(21)22/h1-10,20H. The largest absolute Gasteiger partial charge is 0.281 e. The summed E-state index contributed by atoms with van der Waals surface area (Å²) in [6.45, 7) is 0. The molecule has 0 aromatic heterocycles. The number of hydrogen-bond donors (Lipinski definition) is 1. The van der Waals surface area contributed by atoms with Crippen LogP contribution in [0.15, 0.2) is 59.1 Å². The molecule has 0 unspecified atom stereocenters. The zero-order valence-electron chi connectivity index (χ0n) is 11.2. The molecular weight excluding hydrogens is 352 g/mol. The van der Waals surface area contributed by atoms with Crippen molar-refractivity contribution in [2.24, 2.45) is 0 Å². The topological polar surface area (TPSA) is 83.7 Å². The van der Waals surface area contributed by atoms with Crippen molar-refractivity contribution in [3.8, 4) is 0 Å². The first-order chi connectivity index (χ1) is 10.5. The Hall–Kier alpha value is -2.51. The number of carbonyl (C=O) groups is 1. The summed E-state index contributed by atoms with van der Waals surface area (Å²) in [5.41, 5.74) is 0.743. The lowest BCUT2D eigenvalue weighted by molar-refractivity contribution is -0.384. The van der Waals surface area contributed by atoms with Crippen molar-refractivity contribution >= 4 is 39.3 Å². The molecule has 2 aromatic rings. The summed E-state index contributed by atoms with van der Waals surface area (Å²) in [6, 6.07) is 12.4. The van der Waals surface area contributed by atoms with E-state index >= 15 is 0 Å². The highest BCUT2D eigenvalue weighted by atomic mass is 79.9. The third kappa shape index (κ3) is 4.00. The Kier molecular flexibility index (Phi) is 5.03. The number of nitrogens with zero attached hydrogens (tertiary/aromatic N) is 2. The third-order valence-corrected chi connectivity index (χ3v) is 3.31. The molecule has 0 radical (unpaired) electrons. The fraction of sp³-hybridized carbons (Fsp3) is 0. The summed E-state index contributed by atoms with van der Waals surface area (Å²) in [5, 5.41) is 21.0. The molecule has 2 aromatic carbocycles. The Balaban J connectivity index is 2.12. The zero-order chi connectivity index (χ0) is 16.1. The van der Waals surface area contributed by atoms with Crippen LogP contribution in [0.3, 0.4) is 0 Å². The van der Waals surface area contributed by atoms with Crippen LogP contribution in [0.5, 0.6) is 0 Å². The number of amides is 1. The number of rotatable bonds is 4. The predicted molar refractivity (Wildman–Crippen MR) is 85.5 cm³/mol. The van der Waals surface area contributed by atoms with Gasteiger partial charge in [0.1, 0.15) is 0 Å². The molecule has 6 nitrogen and oxygen atoms in total. The molecule has 7 heteroatoms. The van der Waals surface area contributed by atoms with Crippen molar-refractivity contribution in [3.05, 3.63) is 74.8 Å². The van der Waals surface area contributed by atoms with Gasteiger partial charge in [-0.25, -0.2) is 0 Å². The Morgan fingerprint density at radius 3 is 2.55 bits per heavy atom. The average molecular weight is 363 g/mol. The summed E-state index contributed by atoms with van der Waals surface area (Å²) >= 11 is 3.26. The van der Waals surface area contributed by atoms with Gasteiger partial charge < -0.3 is 0 Å². The van der Waals surface area contributed by atoms with Gasteiger partial charge >= 0.3 is 0 Å². The fourth-order valence-electron chi connectivity index (χ4n) is 1.69. The number of nitro groups is 1. The van der Waals surface area contributed by atoms with Crippen LogP contribution in [0.25, 0.3) is 6.08 Å². The second-order valence-corrected chi connectivity index (χ2v) is 5.23. The van der Waals surface area contributed by atoms with Gasteiger partial charge in [0.15, 0.2) is 0 Å². The molecule has 0 fully saturated rings. The minimum Gasteiger partial charge on any atom is -0.281 e. The monoisotopic (exact) mass is 362 g/mol. The highest BCUT2D eigenvalue weighted by molar-refractivity contribution is 9.10. The smallest absolute Gasteiger partial charge is 0.274 e. The van der Waals surface area contributed by atoms with Gasteiger partial charge in [0.2, 0.25) is 0 Å². The van der Waals surface area contributed by atoms with Crippen molar-refractivity contribution in [2.75, 3.05) is 5.06 Å². The number of carbonyl (C=O) groups excluding carboxylic acids is 1. The highest BCUT2D eigenvalue weighted by Crippen LogP contribution is 2.18. The predicted octanol–water partition coefficient (Wildman–Crippen LogP) is 3.79. The van der Waals surface area contributed by atoms with Crippen molar-refractivity contribution < 1.29 is 14.9 Å². The fourth-order valence-corrected chi connectivity index (χ4v) is 1.95. The molecule has 0 aliphatic carbocycles. The summed E-state index contributed by atoms with van der Waals surface area (Å²) in [7, 11) is 0. The molecule has 0 atom stereocenters. The maximum absolute atomic E-state index is 11.9. The number of halogens is 1. The van der Waals surface area contributed by atoms with Crippen LogP contribution in [0.1, 0.15) is 5.56 Å². The molecule has 0 heterocycles. The van der Waals surface area contributed by atoms with E-state index in [0.29, 0.717) is 16.3 Å². The van der Waals surface area contributed by atoms with Crippen LogP contribution in [0.2, 0.25) is 0 Å². The van der Waals surface area contributed by atoms with Crippen LogP contribution in [0, 0.1) is 10.1 Å². The van der Waals surface area contributed by atoms with Crippen LogP contribution < -0.4 is 5.06 Å². The second kappa shape index (κ2) is 6.97. The summed E-state index contributed by atoms with van der Waals surface area (Å²) in [5.74, 6) is -0.658. The van der Waals surface area contributed by atoms with E-state index < -0.39 is 10.8 Å². The Morgan fingerprint density at radius 1 is 1.23 bits per heavy atom. The highest BCUT2D eigenvalue weighted by Gasteiger charge is 2.10. The molecule has 0 saturated carbocycles. The first-order valence-corrected chi connectivity index (χ1v) is 6.98. The normalized spacial score (nSPS) is 10.6. The number of nitro benzene ring substituents is 1. The first kappa shape index (κ1) is 15.9. The Labute approximate surface area is 134 Å². The Morgan fingerprint density at radius 2 is 1.91 bits per heavy atom. The lowest BCUT2D eigenvalue weighted by Crippen LogP contribution is -2.24. The lowest BCUT2D eigenvalue weighted by Gasteiger charge is -2.12. The summed E-state index contributed by atoms with van der Waals surface area (Å²) in [6.07, 6.45) is 2.54. The third-order valence-electron chi connectivity index (χ3n) is 2.78. The molecule has 112 valence electrons. The van der Waals surface area contributed by atoms with Gasteiger partial charge in [-0.1, -0.05) is 28.1 Å². The maximum Gasteiger partial charge on any atom is 0.274 e. The Bertz CT molecular complexity index is 729. The molecular formula is C15H11BrN2O4. The van der Waals surface area contributed by atoms with Gasteiger partial charge in [-0.15, -0.1) is 0 Å². The zero-order valence-corrected chi connectivity index (χ0v) is 12.8. The lowest BCUT2D eigenvalue weighted by atomic mass is 10.2.